The lowest BCUT2D eigenvalue weighted by molar-refractivity contribution is -0.136. The molecule has 6 heteroatoms. The Labute approximate surface area is 125 Å². The van der Waals surface area contributed by atoms with E-state index in [0.717, 1.165) is 4.47 Å². The number of piperazine rings is 1. The molecule has 1 atom stereocenters. The van der Waals surface area contributed by atoms with Crippen LogP contribution in [0.4, 0.5) is 5.69 Å². The van der Waals surface area contributed by atoms with Gasteiger partial charge in [0, 0.05) is 4.47 Å². The van der Waals surface area contributed by atoms with Crippen molar-refractivity contribution in [1.82, 2.24) is 5.32 Å². The van der Waals surface area contributed by atoms with E-state index in [2.05, 4.69) is 21.2 Å². The third-order valence-electron chi connectivity index (χ3n) is 3.12. The average Bonchev–Trinajstić information content (AvgIpc) is 2.31. The quantitative estimate of drug-likeness (QED) is 0.851. The summed E-state index contributed by atoms with van der Waals surface area (Å²) in [4.78, 5) is 25.9. The number of benzene rings is 1. The monoisotopic (exact) mass is 344 g/mol. The van der Waals surface area contributed by atoms with Crippen molar-refractivity contribution in [3.8, 4) is 0 Å². The second-order valence-electron chi connectivity index (χ2n) is 5.06. The molecule has 2 rings (SSSR count). The molecule has 1 heterocycles. The smallest absolute Gasteiger partial charge is 0.252 e. The number of halogens is 2. The van der Waals surface area contributed by atoms with Crippen molar-refractivity contribution in [3.63, 3.8) is 0 Å². The summed E-state index contributed by atoms with van der Waals surface area (Å²) in [7, 11) is 0. The molecule has 1 aliphatic heterocycles. The van der Waals surface area contributed by atoms with Crippen molar-refractivity contribution < 1.29 is 9.59 Å². The van der Waals surface area contributed by atoms with Gasteiger partial charge in [0.1, 0.15) is 11.6 Å². The molecule has 102 valence electrons. The summed E-state index contributed by atoms with van der Waals surface area (Å²) in [6, 6.07) is 4.63. The Balaban J connectivity index is 2.54. The number of hydrogen-bond donors (Lipinski definition) is 1. The van der Waals surface area contributed by atoms with Gasteiger partial charge in [-0.25, -0.2) is 0 Å². The fraction of sp³-hybridized carbons (Fsp3) is 0.385. The van der Waals surface area contributed by atoms with Gasteiger partial charge in [-0.05, 0) is 39.0 Å². The molecule has 0 radical (unpaired) electrons. The molecule has 1 aromatic carbocycles. The highest BCUT2D eigenvalue weighted by Crippen LogP contribution is 2.33. The first-order valence-corrected chi connectivity index (χ1v) is 7.02. The number of carbonyl (C=O) groups excluding carboxylic acids is 2. The van der Waals surface area contributed by atoms with E-state index in [4.69, 9.17) is 11.6 Å². The minimum atomic E-state index is -0.935. The Morgan fingerprint density at radius 1 is 1.37 bits per heavy atom. The lowest BCUT2D eigenvalue weighted by Crippen LogP contribution is -2.67. The zero-order valence-electron chi connectivity index (χ0n) is 10.8. The number of hydrogen-bond acceptors (Lipinski definition) is 2. The summed E-state index contributed by atoms with van der Waals surface area (Å²) in [5.41, 5.74) is -0.397. The Morgan fingerprint density at radius 3 is 2.63 bits per heavy atom. The number of anilines is 1. The molecule has 1 aromatic rings. The predicted molar refractivity (Wildman–Crippen MR) is 78.3 cm³/mol. The normalized spacial score (nSPS) is 22.4. The lowest BCUT2D eigenvalue weighted by Gasteiger charge is -2.41. The average molecular weight is 346 g/mol. The van der Waals surface area contributed by atoms with Crippen LogP contribution in [0.1, 0.15) is 20.8 Å². The minimum Gasteiger partial charge on any atom is -0.340 e. The Morgan fingerprint density at radius 2 is 2.00 bits per heavy atom. The fourth-order valence-corrected chi connectivity index (χ4v) is 2.61. The Kier molecular flexibility index (Phi) is 3.62. The molecule has 0 saturated carbocycles. The van der Waals surface area contributed by atoms with E-state index < -0.39 is 11.6 Å². The molecule has 19 heavy (non-hydrogen) atoms. The standard InChI is InChI=1S/C13H14BrClN2O2/c1-7-11(18)16-13(2,3)12(19)17(7)10-6-8(14)4-5-9(10)15/h4-7H,1-3H3,(H,16,18). The van der Waals surface area contributed by atoms with E-state index >= 15 is 0 Å². The molecule has 4 nitrogen and oxygen atoms in total. The summed E-state index contributed by atoms with van der Waals surface area (Å²) >= 11 is 9.50. The Hall–Kier alpha value is -1.07. The van der Waals surface area contributed by atoms with Crippen LogP contribution in [0.3, 0.4) is 0 Å². The number of nitrogens with zero attached hydrogens (tertiary/aromatic N) is 1. The summed E-state index contributed by atoms with van der Waals surface area (Å²) < 4.78 is 0.802. The molecule has 2 amide bonds. The van der Waals surface area contributed by atoms with Crippen molar-refractivity contribution in [2.75, 3.05) is 4.90 Å². The topological polar surface area (TPSA) is 49.4 Å². The van der Waals surface area contributed by atoms with E-state index in [0.29, 0.717) is 10.7 Å². The van der Waals surface area contributed by atoms with Gasteiger partial charge < -0.3 is 5.32 Å². The van der Waals surface area contributed by atoms with Crippen molar-refractivity contribution in [3.05, 3.63) is 27.7 Å². The zero-order valence-corrected chi connectivity index (χ0v) is 13.2. The number of carbonyl (C=O) groups is 2. The maximum atomic E-state index is 12.5. The van der Waals surface area contributed by atoms with Crippen LogP contribution >= 0.6 is 27.5 Å². The van der Waals surface area contributed by atoms with Gasteiger partial charge in [-0.15, -0.1) is 0 Å². The van der Waals surface area contributed by atoms with Gasteiger partial charge in [0.05, 0.1) is 10.7 Å². The summed E-state index contributed by atoms with van der Waals surface area (Å²) in [5, 5.41) is 3.14. The molecule has 1 unspecified atom stereocenters. The van der Waals surface area contributed by atoms with Crippen molar-refractivity contribution in [2.24, 2.45) is 0 Å². The number of amides is 2. The van der Waals surface area contributed by atoms with Gasteiger partial charge in [-0.2, -0.15) is 0 Å². The van der Waals surface area contributed by atoms with Gasteiger partial charge in [-0.1, -0.05) is 27.5 Å². The lowest BCUT2D eigenvalue weighted by atomic mass is 9.96. The van der Waals surface area contributed by atoms with Crippen LogP contribution in [0, 0.1) is 0 Å². The van der Waals surface area contributed by atoms with E-state index in [1.807, 2.05) is 0 Å². The van der Waals surface area contributed by atoms with Gasteiger partial charge in [0.15, 0.2) is 0 Å². The second-order valence-corrected chi connectivity index (χ2v) is 6.38. The van der Waals surface area contributed by atoms with Crippen LogP contribution in [0.25, 0.3) is 0 Å². The van der Waals surface area contributed by atoms with E-state index in [9.17, 15) is 9.59 Å². The maximum absolute atomic E-state index is 12.5. The van der Waals surface area contributed by atoms with Crippen LogP contribution < -0.4 is 10.2 Å². The third-order valence-corrected chi connectivity index (χ3v) is 3.94. The number of nitrogens with one attached hydrogen (secondary N) is 1. The molecule has 0 aromatic heterocycles. The molecule has 1 fully saturated rings. The van der Waals surface area contributed by atoms with Crippen molar-refractivity contribution in [1.29, 1.82) is 0 Å². The molecule has 0 aliphatic carbocycles. The highest BCUT2D eigenvalue weighted by molar-refractivity contribution is 9.10. The zero-order chi connectivity index (χ0) is 14.4. The third kappa shape index (κ3) is 2.49. The van der Waals surface area contributed by atoms with Crippen LogP contribution in [0.2, 0.25) is 5.02 Å². The van der Waals surface area contributed by atoms with E-state index in [1.165, 1.54) is 4.90 Å². The molecule has 1 N–H and O–H groups in total. The second kappa shape index (κ2) is 4.80. The van der Waals surface area contributed by atoms with Crippen LogP contribution in [0.5, 0.6) is 0 Å². The van der Waals surface area contributed by atoms with Crippen LogP contribution in [0.15, 0.2) is 22.7 Å². The first-order chi connectivity index (χ1) is 8.74. The first-order valence-electron chi connectivity index (χ1n) is 5.85. The largest absolute Gasteiger partial charge is 0.340 e. The molecular weight excluding hydrogens is 332 g/mol. The number of rotatable bonds is 1. The molecular formula is C13H14BrClN2O2. The van der Waals surface area contributed by atoms with E-state index in [1.54, 1.807) is 39.0 Å². The van der Waals surface area contributed by atoms with Crippen LogP contribution in [-0.2, 0) is 9.59 Å². The Bertz CT molecular complexity index is 560. The summed E-state index contributed by atoms with van der Waals surface area (Å²) in [6.07, 6.45) is 0. The highest BCUT2D eigenvalue weighted by Gasteiger charge is 2.44. The molecule has 1 saturated heterocycles. The molecule has 0 bridgehead atoms. The molecule has 0 spiro atoms. The summed E-state index contributed by atoms with van der Waals surface area (Å²) in [5.74, 6) is -0.375. The van der Waals surface area contributed by atoms with Crippen molar-refractivity contribution in [2.45, 2.75) is 32.4 Å². The highest BCUT2D eigenvalue weighted by atomic mass is 79.9. The fourth-order valence-electron chi connectivity index (χ4n) is 2.05. The SMILES string of the molecule is CC1C(=O)NC(C)(C)C(=O)N1c1cc(Br)ccc1Cl. The van der Waals surface area contributed by atoms with Gasteiger partial charge in [-0.3, -0.25) is 14.5 Å². The van der Waals surface area contributed by atoms with Crippen molar-refractivity contribution >= 4 is 45.0 Å². The first kappa shape index (κ1) is 14.3. The molecule has 1 aliphatic rings. The maximum Gasteiger partial charge on any atom is 0.252 e. The van der Waals surface area contributed by atoms with Gasteiger partial charge >= 0.3 is 0 Å². The van der Waals surface area contributed by atoms with E-state index in [-0.39, 0.29) is 11.8 Å². The van der Waals surface area contributed by atoms with Gasteiger partial charge in [0.25, 0.3) is 5.91 Å². The minimum absolute atomic E-state index is 0.181. The summed E-state index contributed by atoms with van der Waals surface area (Å²) in [6.45, 7) is 5.04. The van der Waals surface area contributed by atoms with Gasteiger partial charge in [0.2, 0.25) is 5.91 Å². The predicted octanol–water partition coefficient (Wildman–Crippen LogP) is 2.73. The van der Waals surface area contributed by atoms with Crippen LogP contribution in [-0.4, -0.2) is 23.4 Å².